The summed E-state index contributed by atoms with van der Waals surface area (Å²) in [5.41, 5.74) is 1.38. The summed E-state index contributed by atoms with van der Waals surface area (Å²) in [6, 6.07) is 14.5. The number of allylic oxidation sites excluding steroid dienone is 1. The zero-order valence-electron chi connectivity index (χ0n) is 27.8. The second-order valence-electron chi connectivity index (χ2n) is 13.3. The van der Waals surface area contributed by atoms with Gasteiger partial charge >= 0.3 is 5.97 Å². The monoisotopic (exact) mass is 656 g/mol. The lowest BCUT2D eigenvalue weighted by atomic mass is 9.94. The predicted octanol–water partition coefficient (Wildman–Crippen LogP) is 6.15. The molecule has 1 heterocycles. The summed E-state index contributed by atoms with van der Waals surface area (Å²) in [7, 11) is 1.52. The third-order valence-electron chi connectivity index (χ3n) is 7.94. The van der Waals surface area contributed by atoms with E-state index >= 15 is 0 Å². The molecule has 0 aliphatic carbocycles. The maximum Gasteiger partial charge on any atom is 0.332 e. The van der Waals surface area contributed by atoms with Gasteiger partial charge in [0.25, 0.3) is 0 Å². The number of hydrogen-bond acceptors (Lipinski definition) is 6. The normalized spacial score (nSPS) is 18.2. The molecule has 1 aliphatic heterocycles. The highest BCUT2D eigenvalue weighted by Gasteiger charge is 2.43. The first kappa shape index (κ1) is 37.1. The third-order valence-corrected chi connectivity index (χ3v) is 8.23. The number of halogens is 1. The minimum atomic E-state index is -1.01. The molecule has 10 heteroatoms. The molecule has 0 bridgehead atoms. The van der Waals surface area contributed by atoms with Gasteiger partial charge in [-0.3, -0.25) is 9.59 Å². The molecule has 1 fully saturated rings. The van der Waals surface area contributed by atoms with Crippen molar-refractivity contribution in [3.63, 3.8) is 0 Å². The van der Waals surface area contributed by atoms with Crippen LogP contribution in [-0.4, -0.2) is 61.4 Å². The molecule has 0 aromatic heterocycles. The largest absolute Gasteiger partial charge is 0.495 e. The SMILES string of the molecule is COc1ccc(C[C@@H](NC(=O)/C=C/CC[C@H](C)C2OC2c2ccccc2)C(=O)NCC(C)(C)CO[C@@H](CC(C)C)C(=O)O)cc1Cl. The maximum absolute atomic E-state index is 13.4. The number of carboxylic acid groups (broad SMARTS) is 1. The van der Waals surface area contributed by atoms with Crippen molar-refractivity contribution in [1.29, 1.82) is 0 Å². The fourth-order valence-electron chi connectivity index (χ4n) is 5.18. The van der Waals surface area contributed by atoms with Gasteiger partial charge in [0.1, 0.15) is 17.9 Å². The highest BCUT2D eigenvalue weighted by molar-refractivity contribution is 6.32. The number of carbonyl (C=O) groups is 3. The molecule has 1 aliphatic rings. The summed E-state index contributed by atoms with van der Waals surface area (Å²) < 4.78 is 16.9. The molecular weight excluding hydrogens is 608 g/mol. The number of benzene rings is 2. The Morgan fingerprint density at radius 1 is 1.11 bits per heavy atom. The molecule has 3 N–H and O–H groups in total. The number of aliphatic carboxylic acids is 1. The minimum Gasteiger partial charge on any atom is -0.495 e. The van der Waals surface area contributed by atoms with E-state index in [0.29, 0.717) is 29.5 Å². The lowest BCUT2D eigenvalue weighted by molar-refractivity contribution is -0.153. The lowest BCUT2D eigenvalue weighted by Crippen LogP contribution is -2.50. The van der Waals surface area contributed by atoms with Crippen molar-refractivity contribution in [3.05, 3.63) is 76.8 Å². The minimum absolute atomic E-state index is 0.129. The van der Waals surface area contributed by atoms with E-state index in [9.17, 15) is 19.5 Å². The molecule has 2 aromatic carbocycles. The van der Waals surface area contributed by atoms with Crippen LogP contribution in [0.5, 0.6) is 5.75 Å². The first-order chi connectivity index (χ1) is 21.8. The molecule has 5 atom stereocenters. The van der Waals surface area contributed by atoms with E-state index in [4.69, 9.17) is 25.8 Å². The van der Waals surface area contributed by atoms with Crippen LogP contribution in [0.3, 0.4) is 0 Å². The van der Waals surface area contributed by atoms with E-state index in [1.165, 1.54) is 18.7 Å². The van der Waals surface area contributed by atoms with Crippen molar-refractivity contribution >= 4 is 29.4 Å². The van der Waals surface area contributed by atoms with Crippen molar-refractivity contribution in [1.82, 2.24) is 10.6 Å². The molecule has 0 radical (unpaired) electrons. The van der Waals surface area contributed by atoms with Crippen LogP contribution >= 0.6 is 11.6 Å². The van der Waals surface area contributed by atoms with Gasteiger partial charge in [-0.05, 0) is 60.4 Å². The molecule has 2 aromatic rings. The number of nitrogens with one attached hydrogen (secondary N) is 2. The fourth-order valence-corrected chi connectivity index (χ4v) is 5.46. The third kappa shape index (κ3) is 12.1. The average Bonchev–Trinajstić information content (AvgIpc) is 3.81. The second kappa shape index (κ2) is 17.5. The zero-order valence-corrected chi connectivity index (χ0v) is 28.5. The maximum atomic E-state index is 13.4. The van der Waals surface area contributed by atoms with Crippen molar-refractivity contribution in [3.8, 4) is 5.75 Å². The van der Waals surface area contributed by atoms with Gasteiger partial charge < -0.3 is 30.0 Å². The number of methoxy groups -OCH3 is 1. The van der Waals surface area contributed by atoms with Gasteiger partial charge in [-0.15, -0.1) is 0 Å². The number of hydrogen-bond donors (Lipinski definition) is 3. The Morgan fingerprint density at radius 3 is 2.46 bits per heavy atom. The van der Waals surface area contributed by atoms with Crippen LogP contribution < -0.4 is 15.4 Å². The summed E-state index contributed by atoms with van der Waals surface area (Å²) in [6.07, 6.45) is 4.84. The van der Waals surface area contributed by atoms with E-state index in [1.54, 1.807) is 18.2 Å². The van der Waals surface area contributed by atoms with E-state index in [-0.39, 0.29) is 49.5 Å². The Balaban J connectivity index is 1.57. The first-order valence-corrected chi connectivity index (χ1v) is 16.3. The Hall–Kier alpha value is -3.40. The summed E-state index contributed by atoms with van der Waals surface area (Å²) in [5.74, 6) is -0.744. The van der Waals surface area contributed by atoms with Crippen LogP contribution in [0.2, 0.25) is 5.02 Å². The average molecular weight is 657 g/mol. The van der Waals surface area contributed by atoms with Crippen molar-refractivity contribution in [2.24, 2.45) is 17.3 Å². The molecule has 2 unspecified atom stereocenters. The summed E-state index contributed by atoms with van der Waals surface area (Å²) >= 11 is 6.32. The number of ether oxygens (including phenoxy) is 3. The van der Waals surface area contributed by atoms with E-state index < -0.39 is 23.5 Å². The number of carbonyl (C=O) groups excluding carboxylic acids is 2. The standard InChI is InChI=1S/C36H49ClN2O7/c1-23(2)18-30(35(42)43)45-22-36(4,5)21-38-34(41)28(20-25-16-17-29(44-6)27(37)19-25)39-31(40)15-11-10-12-24(3)32-33(46-32)26-13-8-7-9-14-26/h7-9,11,13-17,19,23-24,28,30,32-33H,10,12,18,20-22H2,1-6H3,(H,38,41)(H,39,40)(H,42,43)/b15-11+/t24-,28+,30-,32?,33?/m0/s1. The molecule has 0 spiro atoms. The molecule has 252 valence electrons. The predicted molar refractivity (Wildman–Crippen MR) is 179 cm³/mol. The Bertz CT molecular complexity index is 1330. The number of carboxylic acids is 1. The van der Waals surface area contributed by atoms with Crippen LogP contribution in [0.15, 0.2) is 60.7 Å². The molecule has 9 nitrogen and oxygen atoms in total. The first-order valence-electron chi connectivity index (χ1n) is 15.9. The van der Waals surface area contributed by atoms with Gasteiger partial charge in [-0.25, -0.2) is 4.79 Å². The summed E-state index contributed by atoms with van der Waals surface area (Å²) in [4.78, 5) is 38.0. The Labute approximate surface area is 278 Å². The number of epoxide rings is 1. The molecular formula is C36H49ClN2O7. The van der Waals surface area contributed by atoms with Crippen molar-refractivity contribution in [2.45, 2.75) is 84.7 Å². The van der Waals surface area contributed by atoms with Gasteiger partial charge in [0.15, 0.2) is 6.10 Å². The second-order valence-corrected chi connectivity index (χ2v) is 13.7. The smallest absolute Gasteiger partial charge is 0.332 e. The fraction of sp³-hybridized carbons (Fsp3) is 0.528. The van der Waals surface area contributed by atoms with E-state index in [0.717, 1.165) is 12.0 Å². The van der Waals surface area contributed by atoms with E-state index in [1.807, 2.05) is 52.0 Å². The van der Waals surface area contributed by atoms with Gasteiger partial charge in [-0.2, -0.15) is 0 Å². The van der Waals surface area contributed by atoms with Crippen LogP contribution in [-0.2, 0) is 30.3 Å². The van der Waals surface area contributed by atoms with E-state index in [2.05, 4.69) is 29.7 Å². The molecule has 46 heavy (non-hydrogen) atoms. The lowest BCUT2D eigenvalue weighted by Gasteiger charge is -2.28. The van der Waals surface area contributed by atoms with Gasteiger partial charge in [0.05, 0.1) is 24.8 Å². The van der Waals surface area contributed by atoms with Gasteiger partial charge in [-0.1, -0.05) is 88.7 Å². The number of rotatable bonds is 19. The molecule has 3 rings (SSSR count). The summed E-state index contributed by atoms with van der Waals surface area (Å²) in [6.45, 7) is 10.2. The van der Waals surface area contributed by atoms with Gasteiger partial charge in [0.2, 0.25) is 11.8 Å². The Kier molecular flexibility index (Phi) is 14.1. The number of amides is 2. The highest BCUT2D eigenvalue weighted by atomic mass is 35.5. The van der Waals surface area contributed by atoms with Crippen LogP contribution in [0.1, 0.15) is 71.1 Å². The van der Waals surface area contributed by atoms with Crippen LogP contribution in [0, 0.1) is 17.3 Å². The van der Waals surface area contributed by atoms with Crippen molar-refractivity contribution < 1.29 is 33.7 Å². The molecule has 0 saturated carbocycles. The highest BCUT2D eigenvalue weighted by Crippen LogP contribution is 2.44. The Morgan fingerprint density at radius 2 is 1.83 bits per heavy atom. The van der Waals surface area contributed by atoms with Crippen molar-refractivity contribution in [2.75, 3.05) is 20.3 Å². The molecule has 2 amide bonds. The summed E-state index contributed by atoms with van der Waals surface area (Å²) in [5, 5.41) is 15.7. The quantitative estimate of drug-likeness (QED) is 0.122. The van der Waals surface area contributed by atoms with Crippen LogP contribution in [0.25, 0.3) is 0 Å². The zero-order chi connectivity index (χ0) is 33.9. The van der Waals surface area contributed by atoms with Gasteiger partial charge in [0, 0.05) is 18.4 Å². The molecule has 1 saturated heterocycles. The topological polar surface area (TPSA) is 126 Å². The van der Waals surface area contributed by atoms with Crippen LogP contribution in [0.4, 0.5) is 0 Å².